The van der Waals surface area contributed by atoms with E-state index in [4.69, 9.17) is 0 Å². The maximum atomic E-state index is 12.3. The molecule has 1 amide bonds. The normalized spacial score (nSPS) is 14.1. The first-order valence-corrected chi connectivity index (χ1v) is 8.08. The molecular weight excluding hydrogens is 266 g/mol. The van der Waals surface area contributed by atoms with Crippen molar-refractivity contribution in [3.63, 3.8) is 0 Å². The Morgan fingerprint density at radius 1 is 1.15 bits per heavy atom. The zero-order chi connectivity index (χ0) is 13.8. The molecule has 0 fully saturated rings. The molecule has 2 nitrogen and oxygen atoms in total. The Bertz CT molecular complexity index is 576. The third-order valence-electron chi connectivity index (χ3n) is 3.88. The minimum Gasteiger partial charge on any atom is -0.338 e. The number of fused-ring (bicyclic) bond motifs is 1. The molecule has 0 radical (unpaired) electrons. The number of carbonyl (C=O) groups excluding carboxylic acids is 1. The molecule has 2 heterocycles. The first-order valence-electron chi connectivity index (χ1n) is 7.20. The molecule has 1 aromatic heterocycles. The number of thiophene rings is 1. The van der Waals surface area contributed by atoms with Crippen LogP contribution in [0.3, 0.4) is 0 Å². The molecule has 0 atom stereocenters. The van der Waals surface area contributed by atoms with Crippen LogP contribution >= 0.6 is 11.3 Å². The third-order valence-corrected chi connectivity index (χ3v) is 4.81. The maximum absolute atomic E-state index is 12.3. The Kier molecular flexibility index (Phi) is 4.16. The van der Waals surface area contributed by atoms with E-state index >= 15 is 0 Å². The predicted octanol–water partition coefficient (Wildman–Crippen LogP) is 3.66. The van der Waals surface area contributed by atoms with Crippen molar-refractivity contribution in [3.8, 4) is 0 Å². The number of carbonyl (C=O) groups is 1. The molecule has 1 aliphatic rings. The van der Waals surface area contributed by atoms with Crippen LogP contribution in [0.5, 0.6) is 0 Å². The molecule has 3 rings (SSSR count). The van der Waals surface area contributed by atoms with Crippen molar-refractivity contribution in [2.45, 2.75) is 32.2 Å². The van der Waals surface area contributed by atoms with Gasteiger partial charge in [0.2, 0.25) is 5.91 Å². The van der Waals surface area contributed by atoms with Crippen LogP contribution in [0.15, 0.2) is 41.8 Å². The molecule has 1 aromatic carbocycles. The number of nitrogens with zero attached hydrogens (tertiary/aromatic N) is 1. The van der Waals surface area contributed by atoms with Gasteiger partial charge in [0.25, 0.3) is 0 Å². The number of rotatable bonds is 4. The van der Waals surface area contributed by atoms with Crippen LogP contribution < -0.4 is 0 Å². The summed E-state index contributed by atoms with van der Waals surface area (Å²) in [5, 5.41) is 2.10. The van der Waals surface area contributed by atoms with Gasteiger partial charge in [0.15, 0.2) is 0 Å². The highest BCUT2D eigenvalue weighted by atomic mass is 32.1. The van der Waals surface area contributed by atoms with Crippen molar-refractivity contribution in [3.05, 3.63) is 57.8 Å². The fourth-order valence-corrected chi connectivity index (χ4v) is 3.49. The molecule has 1 aliphatic heterocycles. The van der Waals surface area contributed by atoms with Gasteiger partial charge in [-0.15, -0.1) is 11.3 Å². The summed E-state index contributed by atoms with van der Waals surface area (Å²) in [7, 11) is 0. The van der Waals surface area contributed by atoms with Crippen LogP contribution in [0.25, 0.3) is 0 Å². The number of benzene rings is 1. The van der Waals surface area contributed by atoms with E-state index in [2.05, 4.69) is 41.8 Å². The lowest BCUT2D eigenvalue weighted by atomic mass is 9.99. The monoisotopic (exact) mass is 285 g/mol. The second-order valence-corrected chi connectivity index (χ2v) is 6.30. The standard InChI is InChI=1S/C17H19NOS/c19-17(9-3-7-16-8-4-12-20-16)18-11-10-14-5-1-2-6-15(14)13-18/h1-2,4-6,8,12H,3,7,9-11,13H2. The summed E-state index contributed by atoms with van der Waals surface area (Å²) in [4.78, 5) is 15.7. The number of aryl methyl sites for hydroxylation is 1. The first-order chi connectivity index (χ1) is 9.83. The van der Waals surface area contributed by atoms with E-state index in [1.165, 1.54) is 16.0 Å². The Balaban J connectivity index is 1.51. The predicted molar refractivity (Wildman–Crippen MR) is 82.8 cm³/mol. The zero-order valence-corrected chi connectivity index (χ0v) is 12.4. The Labute approximate surface area is 124 Å². The topological polar surface area (TPSA) is 20.3 Å². The quantitative estimate of drug-likeness (QED) is 0.839. The van der Waals surface area contributed by atoms with Gasteiger partial charge in [-0.05, 0) is 41.8 Å². The fraction of sp³-hybridized carbons (Fsp3) is 0.353. The summed E-state index contributed by atoms with van der Waals surface area (Å²) >= 11 is 1.78. The smallest absolute Gasteiger partial charge is 0.222 e. The minimum absolute atomic E-state index is 0.302. The van der Waals surface area contributed by atoms with Crippen molar-refractivity contribution in [2.24, 2.45) is 0 Å². The average Bonchev–Trinajstić information content (AvgIpc) is 3.00. The van der Waals surface area contributed by atoms with E-state index in [0.29, 0.717) is 12.3 Å². The van der Waals surface area contributed by atoms with E-state index in [0.717, 1.165) is 32.4 Å². The van der Waals surface area contributed by atoms with Gasteiger partial charge in [-0.3, -0.25) is 4.79 Å². The third kappa shape index (κ3) is 3.10. The summed E-state index contributed by atoms with van der Waals surface area (Å²) in [5.74, 6) is 0.302. The van der Waals surface area contributed by atoms with Gasteiger partial charge >= 0.3 is 0 Å². The highest BCUT2D eigenvalue weighted by Crippen LogP contribution is 2.20. The maximum Gasteiger partial charge on any atom is 0.222 e. The Hall–Kier alpha value is -1.61. The van der Waals surface area contributed by atoms with Crippen LogP contribution in [0.4, 0.5) is 0 Å². The van der Waals surface area contributed by atoms with Crippen LogP contribution in [-0.4, -0.2) is 17.4 Å². The van der Waals surface area contributed by atoms with Crippen LogP contribution in [0, 0.1) is 0 Å². The number of amides is 1. The second kappa shape index (κ2) is 6.23. The van der Waals surface area contributed by atoms with Crippen molar-refractivity contribution in [2.75, 3.05) is 6.54 Å². The van der Waals surface area contributed by atoms with Gasteiger partial charge in [0.1, 0.15) is 0 Å². The van der Waals surface area contributed by atoms with Gasteiger partial charge in [-0.25, -0.2) is 0 Å². The van der Waals surface area contributed by atoms with Crippen molar-refractivity contribution in [1.82, 2.24) is 4.90 Å². The van der Waals surface area contributed by atoms with Crippen LogP contribution in [0.1, 0.15) is 28.8 Å². The molecule has 0 spiro atoms. The average molecular weight is 285 g/mol. The SMILES string of the molecule is O=C(CCCc1cccs1)N1CCc2ccccc2C1. The first kappa shape index (κ1) is 13.4. The molecule has 0 bridgehead atoms. The van der Waals surface area contributed by atoms with Crippen LogP contribution in [-0.2, 0) is 24.2 Å². The molecule has 0 saturated carbocycles. The highest BCUT2D eigenvalue weighted by molar-refractivity contribution is 7.09. The number of hydrogen-bond donors (Lipinski definition) is 0. The summed E-state index contributed by atoms with van der Waals surface area (Å²) in [6.45, 7) is 1.66. The van der Waals surface area contributed by atoms with Gasteiger partial charge in [0.05, 0.1) is 0 Å². The molecule has 0 N–H and O–H groups in total. The summed E-state index contributed by atoms with van der Waals surface area (Å²) in [6, 6.07) is 12.7. The summed E-state index contributed by atoms with van der Waals surface area (Å²) < 4.78 is 0. The largest absolute Gasteiger partial charge is 0.338 e. The molecule has 0 aliphatic carbocycles. The van der Waals surface area contributed by atoms with E-state index in [-0.39, 0.29) is 0 Å². The highest BCUT2D eigenvalue weighted by Gasteiger charge is 2.19. The van der Waals surface area contributed by atoms with Gasteiger partial charge in [-0.1, -0.05) is 30.3 Å². The lowest BCUT2D eigenvalue weighted by Gasteiger charge is -2.29. The molecule has 104 valence electrons. The Morgan fingerprint density at radius 3 is 2.80 bits per heavy atom. The van der Waals surface area contributed by atoms with E-state index in [9.17, 15) is 4.79 Å². The molecule has 20 heavy (non-hydrogen) atoms. The van der Waals surface area contributed by atoms with E-state index < -0.39 is 0 Å². The second-order valence-electron chi connectivity index (χ2n) is 5.27. The summed E-state index contributed by atoms with van der Waals surface area (Å²) in [6.07, 6.45) is 3.64. The van der Waals surface area contributed by atoms with Gasteiger partial charge < -0.3 is 4.90 Å². The fourth-order valence-electron chi connectivity index (χ4n) is 2.74. The van der Waals surface area contributed by atoms with Crippen molar-refractivity contribution >= 4 is 17.2 Å². The molecule has 3 heteroatoms. The van der Waals surface area contributed by atoms with E-state index in [1.54, 1.807) is 11.3 Å². The zero-order valence-electron chi connectivity index (χ0n) is 11.5. The lowest BCUT2D eigenvalue weighted by Crippen LogP contribution is -2.35. The molecule has 0 saturated heterocycles. The molecule has 2 aromatic rings. The van der Waals surface area contributed by atoms with Crippen molar-refractivity contribution in [1.29, 1.82) is 0 Å². The van der Waals surface area contributed by atoms with Crippen LogP contribution in [0.2, 0.25) is 0 Å². The molecular formula is C17H19NOS. The summed E-state index contributed by atoms with van der Waals surface area (Å²) in [5.41, 5.74) is 2.71. The minimum atomic E-state index is 0.302. The molecule has 0 unspecified atom stereocenters. The van der Waals surface area contributed by atoms with E-state index in [1.807, 2.05) is 4.90 Å². The van der Waals surface area contributed by atoms with Gasteiger partial charge in [-0.2, -0.15) is 0 Å². The number of hydrogen-bond acceptors (Lipinski definition) is 2. The lowest BCUT2D eigenvalue weighted by molar-refractivity contribution is -0.132. The Morgan fingerprint density at radius 2 is 2.00 bits per heavy atom. The van der Waals surface area contributed by atoms with Gasteiger partial charge in [0, 0.05) is 24.4 Å². The van der Waals surface area contributed by atoms with Crippen molar-refractivity contribution < 1.29 is 4.79 Å².